The molecule has 20 heavy (non-hydrogen) atoms. The van der Waals surface area contributed by atoms with Gasteiger partial charge < -0.3 is 9.63 Å². The molecule has 1 aromatic heterocycles. The number of aryl methyl sites for hydroxylation is 2. The fourth-order valence-electron chi connectivity index (χ4n) is 1.60. The van der Waals surface area contributed by atoms with Gasteiger partial charge in [-0.15, -0.1) is 0 Å². The molecule has 2 N–H and O–H groups in total. The van der Waals surface area contributed by atoms with Crippen LogP contribution in [0, 0.1) is 13.8 Å². The molecule has 2 aromatic rings. The van der Waals surface area contributed by atoms with Crippen LogP contribution in [-0.2, 0) is 10.0 Å². The van der Waals surface area contributed by atoms with Crippen molar-refractivity contribution in [3.8, 4) is 5.75 Å². The van der Waals surface area contributed by atoms with Gasteiger partial charge in [0.2, 0.25) is 5.89 Å². The second-order valence-electron chi connectivity index (χ2n) is 3.99. The fraction of sp³-hybridized carbons (Fsp3) is 0.182. The second-order valence-corrected chi connectivity index (χ2v) is 5.61. The monoisotopic (exact) mass is 297 g/mol. The van der Waals surface area contributed by atoms with E-state index in [4.69, 9.17) is 0 Å². The Bertz CT molecular complexity index is 746. The smallest absolute Gasteiger partial charge is 0.306 e. The first-order valence-electron chi connectivity index (χ1n) is 5.47. The van der Waals surface area contributed by atoms with Crippen LogP contribution in [-0.4, -0.2) is 29.6 Å². The molecule has 0 aliphatic carbocycles. The molecule has 0 saturated heterocycles. The van der Waals surface area contributed by atoms with E-state index in [1.807, 2.05) is 0 Å². The maximum Gasteiger partial charge on any atom is 0.306 e. The SMILES string of the molecule is Cc1nc(C(=O)NS(=O)(=O)c2c(C)cccc2O)no1. The Morgan fingerprint density at radius 1 is 1.35 bits per heavy atom. The summed E-state index contributed by atoms with van der Waals surface area (Å²) in [6.07, 6.45) is 0. The number of carbonyl (C=O) groups excluding carboxylic acids is 1. The average molecular weight is 297 g/mol. The Morgan fingerprint density at radius 3 is 2.60 bits per heavy atom. The largest absolute Gasteiger partial charge is 0.507 e. The number of sulfonamides is 1. The van der Waals surface area contributed by atoms with E-state index < -0.39 is 27.5 Å². The molecule has 9 heteroatoms. The summed E-state index contributed by atoms with van der Waals surface area (Å²) in [5.74, 6) is -1.76. The number of nitrogens with one attached hydrogen (secondary N) is 1. The lowest BCUT2D eigenvalue weighted by atomic mass is 10.2. The van der Waals surface area contributed by atoms with Crippen LogP contribution in [0.3, 0.4) is 0 Å². The zero-order chi connectivity index (χ0) is 14.9. The highest BCUT2D eigenvalue weighted by atomic mass is 32.2. The molecular formula is C11H11N3O5S. The number of phenolic OH excluding ortho intramolecular Hbond substituents is 1. The molecule has 0 unspecified atom stereocenters. The topological polar surface area (TPSA) is 122 Å². The van der Waals surface area contributed by atoms with Crippen molar-refractivity contribution in [2.45, 2.75) is 18.7 Å². The van der Waals surface area contributed by atoms with Crippen molar-refractivity contribution in [1.82, 2.24) is 14.9 Å². The summed E-state index contributed by atoms with van der Waals surface area (Å²) in [6.45, 7) is 2.96. The second kappa shape index (κ2) is 4.93. The quantitative estimate of drug-likeness (QED) is 0.846. The van der Waals surface area contributed by atoms with Gasteiger partial charge in [0.25, 0.3) is 15.8 Å². The van der Waals surface area contributed by atoms with E-state index in [9.17, 15) is 18.3 Å². The Labute approximate surface area is 114 Å². The van der Waals surface area contributed by atoms with Gasteiger partial charge in [-0.25, -0.2) is 13.1 Å². The molecule has 1 amide bonds. The number of aromatic nitrogens is 2. The highest BCUT2D eigenvalue weighted by Gasteiger charge is 2.26. The molecule has 0 atom stereocenters. The highest BCUT2D eigenvalue weighted by molar-refractivity contribution is 7.90. The summed E-state index contributed by atoms with van der Waals surface area (Å²) in [6, 6.07) is 4.20. The molecule has 0 saturated carbocycles. The predicted octanol–water partition coefficient (Wildman–Crippen LogP) is 0.511. The molecule has 1 heterocycles. The van der Waals surface area contributed by atoms with Crippen LogP contribution < -0.4 is 4.72 Å². The van der Waals surface area contributed by atoms with Gasteiger partial charge in [0.15, 0.2) is 0 Å². The van der Waals surface area contributed by atoms with Crippen LogP contribution in [0.15, 0.2) is 27.6 Å². The molecule has 106 valence electrons. The molecule has 0 radical (unpaired) electrons. The number of benzene rings is 1. The molecule has 0 bridgehead atoms. The number of aromatic hydroxyl groups is 1. The highest BCUT2D eigenvalue weighted by Crippen LogP contribution is 2.25. The molecular weight excluding hydrogens is 286 g/mol. The molecule has 1 aromatic carbocycles. The summed E-state index contributed by atoms with van der Waals surface area (Å²) >= 11 is 0. The van der Waals surface area contributed by atoms with Crippen LogP contribution >= 0.6 is 0 Å². The summed E-state index contributed by atoms with van der Waals surface area (Å²) in [4.78, 5) is 15.0. The van der Waals surface area contributed by atoms with Crippen LogP contribution in [0.2, 0.25) is 0 Å². The third-order valence-corrected chi connectivity index (χ3v) is 3.94. The van der Waals surface area contributed by atoms with Crippen LogP contribution in [0.5, 0.6) is 5.75 Å². The van der Waals surface area contributed by atoms with E-state index in [0.717, 1.165) is 0 Å². The van der Waals surface area contributed by atoms with E-state index >= 15 is 0 Å². The standard InChI is InChI=1S/C11H11N3O5S/c1-6-4-3-5-8(15)9(6)20(17,18)14-11(16)10-12-7(2)19-13-10/h3-5,15H,1-2H3,(H,14,16). The summed E-state index contributed by atoms with van der Waals surface area (Å²) < 4.78 is 30.5. The minimum atomic E-state index is -4.23. The molecule has 0 spiro atoms. The van der Waals surface area contributed by atoms with Crippen molar-refractivity contribution in [2.24, 2.45) is 0 Å². The molecule has 0 aliphatic heterocycles. The zero-order valence-corrected chi connectivity index (χ0v) is 11.4. The lowest BCUT2D eigenvalue weighted by Crippen LogP contribution is -2.31. The Hall–Kier alpha value is -2.42. The first-order valence-corrected chi connectivity index (χ1v) is 6.95. The minimum Gasteiger partial charge on any atom is -0.507 e. The van der Waals surface area contributed by atoms with Gasteiger partial charge in [-0.1, -0.05) is 17.3 Å². The predicted molar refractivity (Wildman–Crippen MR) is 66.5 cm³/mol. The normalized spacial score (nSPS) is 11.3. The lowest BCUT2D eigenvalue weighted by molar-refractivity contribution is 0.0968. The maximum atomic E-state index is 12.1. The van der Waals surface area contributed by atoms with Crippen molar-refractivity contribution in [1.29, 1.82) is 0 Å². The van der Waals surface area contributed by atoms with Crippen molar-refractivity contribution in [3.63, 3.8) is 0 Å². The van der Waals surface area contributed by atoms with E-state index in [2.05, 4.69) is 14.7 Å². The van der Waals surface area contributed by atoms with Gasteiger partial charge in [-0.05, 0) is 18.6 Å². The van der Waals surface area contributed by atoms with Crippen LogP contribution in [0.25, 0.3) is 0 Å². The lowest BCUT2D eigenvalue weighted by Gasteiger charge is -2.09. The number of hydrogen-bond acceptors (Lipinski definition) is 7. The molecule has 0 aliphatic rings. The van der Waals surface area contributed by atoms with Crippen molar-refractivity contribution in [3.05, 3.63) is 35.5 Å². The number of rotatable bonds is 3. The summed E-state index contributed by atoms with van der Waals surface area (Å²) in [5, 5.41) is 12.9. The number of phenols is 1. The third-order valence-electron chi connectivity index (χ3n) is 2.42. The van der Waals surface area contributed by atoms with Crippen molar-refractivity contribution >= 4 is 15.9 Å². The summed E-state index contributed by atoms with van der Waals surface area (Å²) in [5.41, 5.74) is 0.301. The number of nitrogens with zero attached hydrogens (tertiary/aromatic N) is 2. The van der Waals surface area contributed by atoms with Gasteiger partial charge in [-0.3, -0.25) is 4.79 Å². The first-order chi connectivity index (χ1) is 9.31. The number of hydrogen-bond donors (Lipinski definition) is 2. The fourth-order valence-corrected chi connectivity index (χ4v) is 2.87. The minimum absolute atomic E-state index is 0.131. The summed E-state index contributed by atoms with van der Waals surface area (Å²) in [7, 11) is -4.23. The Kier molecular flexibility index (Phi) is 3.45. The van der Waals surface area contributed by atoms with Gasteiger partial charge >= 0.3 is 5.91 Å². The van der Waals surface area contributed by atoms with E-state index in [-0.39, 0.29) is 10.8 Å². The Balaban J connectivity index is 2.35. The van der Waals surface area contributed by atoms with Gasteiger partial charge in [0.05, 0.1) is 0 Å². The average Bonchev–Trinajstić information content (AvgIpc) is 2.74. The van der Waals surface area contributed by atoms with Gasteiger partial charge in [0, 0.05) is 6.92 Å². The number of carbonyl (C=O) groups is 1. The number of amides is 1. The van der Waals surface area contributed by atoms with Crippen LogP contribution in [0.4, 0.5) is 0 Å². The molecule has 8 nitrogen and oxygen atoms in total. The van der Waals surface area contributed by atoms with E-state index in [0.29, 0.717) is 5.56 Å². The Morgan fingerprint density at radius 2 is 2.05 bits per heavy atom. The molecule has 2 rings (SSSR count). The van der Waals surface area contributed by atoms with Gasteiger partial charge in [0.1, 0.15) is 10.6 Å². The van der Waals surface area contributed by atoms with Gasteiger partial charge in [-0.2, -0.15) is 4.98 Å². The van der Waals surface area contributed by atoms with Crippen molar-refractivity contribution in [2.75, 3.05) is 0 Å². The molecule has 0 fully saturated rings. The van der Waals surface area contributed by atoms with Crippen molar-refractivity contribution < 1.29 is 22.8 Å². The third kappa shape index (κ3) is 2.62. The van der Waals surface area contributed by atoms with E-state index in [1.54, 1.807) is 4.72 Å². The van der Waals surface area contributed by atoms with Crippen LogP contribution in [0.1, 0.15) is 22.1 Å². The zero-order valence-electron chi connectivity index (χ0n) is 10.6. The maximum absolute atomic E-state index is 12.1. The van der Waals surface area contributed by atoms with E-state index in [1.165, 1.54) is 32.0 Å². The first kappa shape index (κ1) is 14.0.